The molecule has 5 heteroatoms. The molecule has 0 saturated carbocycles. The van der Waals surface area contributed by atoms with Gasteiger partial charge in [0.1, 0.15) is 0 Å². The number of carbonyl (C=O) groups is 1. The monoisotopic (exact) mass is 286 g/mol. The first-order valence-corrected chi connectivity index (χ1v) is 6.33. The highest BCUT2D eigenvalue weighted by molar-refractivity contribution is 5.99. The number of para-hydroxylation sites is 1. The van der Waals surface area contributed by atoms with Crippen LogP contribution < -0.4 is 11.1 Å². The Labute approximate surface area is 121 Å². The van der Waals surface area contributed by atoms with Gasteiger partial charge in [-0.05, 0) is 18.6 Å². The van der Waals surface area contributed by atoms with E-state index >= 15 is 0 Å². The topological polar surface area (TPSA) is 64.3 Å². The van der Waals surface area contributed by atoms with Crippen molar-refractivity contribution in [1.82, 2.24) is 5.32 Å². The average Bonchev–Trinajstić information content (AvgIpc) is 2.36. The molecule has 108 valence electrons. The maximum Gasteiger partial charge on any atom is 0.253 e. The molecule has 1 aromatic rings. The van der Waals surface area contributed by atoms with Gasteiger partial charge < -0.3 is 15.8 Å². The number of benzene rings is 1. The quantitative estimate of drug-likeness (QED) is 0.757. The minimum atomic E-state index is -0.133. The number of rotatable bonds is 7. The molecule has 0 radical (unpaired) electrons. The van der Waals surface area contributed by atoms with E-state index in [1.807, 2.05) is 12.1 Å². The summed E-state index contributed by atoms with van der Waals surface area (Å²) < 4.78 is 5.12. The number of nitrogens with one attached hydrogen (secondary N) is 1. The van der Waals surface area contributed by atoms with Gasteiger partial charge in [-0.15, -0.1) is 12.4 Å². The van der Waals surface area contributed by atoms with Crippen LogP contribution >= 0.6 is 12.4 Å². The second-order valence-corrected chi connectivity index (χ2v) is 4.36. The molecule has 0 heterocycles. The van der Waals surface area contributed by atoms with Crippen molar-refractivity contribution in [2.75, 3.05) is 19.5 Å². The zero-order valence-corrected chi connectivity index (χ0v) is 12.3. The zero-order valence-electron chi connectivity index (χ0n) is 11.5. The van der Waals surface area contributed by atoms with Gasteiger partial charge >= 0.3 is 0 Å². The molecule has 0 aliphatic rings. The molecule has 1 amide bonds. The fourth-order valence-corrected chi connectivity index (χ4v) is 1.82. The number of carbonyl (C=O) groups excluding carboxylic acids is 1. The Bertz CT molecular complexity index is 385. The van der Waals surface area contributed by atoms with Crippen LogP contribution in [-0.2, 0) is 4.74 Å². The van der Waals surface area contributed by atoms with Crippen LogP contribution in [-0.4, -0.2) is 25.7 Å². The van der Waals surface area contributed by atoms with Crippen molar-refractivity contribution >= 4 is 24.0 Å². The molecule has 19 heavy (non-hydrogen) atoms. The fraction of sp³-hybridized carbons (Fsp3) is 0.500. The molecule has 0 aliphatic carbocycles. The van der Waals surface area contributed by atoms with Crippen molar-refractivity contribution < 1.29 is 9.53 Å². The molecule has 1 atom stereocenters. The maximum absolute atomic E-state index is 12.1. The van der Waals surface area contributed by atoms with Crippen molar-refractivity contribution in [3.05, 3.63) is 29.8 Å². The molecule has 4 nitrogen and oxygen atoms in total. The van der Waals surface area contributed by atoms with E-state index in [2.05, 4.69) is 12.2 Å². The lowest BCUT2D eigenvalue weighted by Crippen LogP contribution is -2.38. The van der Waals surface area contributed by atoms with Gasteiger partial charge in [0.2, 0.25) is 0 Å². The number of anilines is 1. The summed E-state index contributed by atoms with van der Waals surface area (Å²) in [6.07, 6.45) is 3.09. The lowest BCUT2D eigenvalue weighted by Gasteiger charge is -2.18. The molecule has 0 fully saturated rings. The molecule has 3 N–H and O–H groups in total. The van der Waals surface area contributed by atoms with Gasteiger partial charge in [-0.3, -0.25) is 4.79 Å². The molecule has 0 bridgehead atoms. The van der Waals surface area contributed by atoms with Crippen molar-refractivity contribution in [1.29, 1.82) is 0 Å². The second kappa shape index (κ2) is 9.64. The molecule has 0 aromatic heterocycles. The van der Waals surface area contributed by atoms with E-state index in [4.69, 9.17) is 10.5 Å². The van der Waals surface area contributed by atoms with Crippen LogP contribution in [0.4, 0.5) is 5.69 Å². The Morgan fingerprint density at radius 2 is 2.11 bits per heavy atom. The first-order valence-electron chi connectivity index (χ1n) is 6.33. The lowest BCUT2D eigenvalue weighted by molar-refractivity contribution is 0.0891. The van der Waals surface area contributed by atoms with Crippen LogP contribution in [0.3, 0.4) is 0 Å². The average molecular weight is 287 g/mol. The molecule has 1 rings (SSSR count). The molecule has 1 aromatic carbocycles. The number of nitrogens with two attached hydrogens (primary N) is 1. The van der Waals surface area contributed by atoms with E-state index in [1.54, 1.807) is 19.2 Å². The van der Waals surface area contributed by atoms with Crippen molar-refractivity contribution in [2.24, 2.45) is 0 Å². The number of amides is 1. The van der Waals surface area contributed by atoms with Gasteiger partial charge in [0.25, 0.3) is 5.91 Å². The first kappa shape index (κ1) is 17.7. The van der Waals surface area contributed by atoms with E-state index < -0.39 is 0 Å². The summed E-state index contributed by atoms with van der Waals surface area (Å²) in [5, 5.41) is 2.97. The molecular formula is C14H23ClN2O2. The van der Waals surface area contributed by atoms with Crippen LogP contribution in [0.1, 0.15) is 36.5 Å². The third-order valence-corrected chi connectivity index (χ3v) is 2.81. The third-order valence-electron chi connectivity index (χ3n) is 2.81. The van der Waals surface area contributed by atoms with E-state index in [0.29, 0.717) is 17.9 Å². The van der Waals surface area contributed by atoms with Crippen molar-refractivity contribution in [3.8, 4) is 0 Å². The Morgan fingerprint density at radius 1 is 1.42 bits per heavy atom. The van der Waals surface area contributed by atoms with Crippen molar-refractivity contribution in [2.45, 2.75) is 32.2 Å². The van der Waals surface area contributed by atoms with Crippen LogP contribution in [0.2, 0.25) is 0 Å². The summed E-state index contributed by atoms with van der Waals surface area (Å²) in [7, 11) is 1.64. The van der Waals surface area contributed by atoms with Gasteiger partial charge in [0.05, 0.1) is 18.2 Å². The Hall–Kier alpha value is -1.26. The van der Waals surface area contributed by atoms with E-state index in [-0.39, 0.29) is 24.4 Å². The van der Waals surface area contributed by atoms with Crippen LogP contribution in [0, 0.1) is 0 Å². The zero-order chi connectivity index (χ0) is 13.4. The number of hydrogen-bond acceptors (Lipinski definition) is 3. The fourth-order valence-electron chi connectivity index (χ4n) is 1.82. The first-order chi connectivity index (χ1) is 8.69. The van der Waals surface area contributed by atoms with Gasteiger partial charge in [-0.2, -0.15) is 0 Å². The largest absolute Gasteiger partial charge is 0.398 e. The summed E-state index contributed by atoms with van der Waals surface area (Å²) in [5.41, 5.74) is 6.80. The number of hydrogen-bond donors (Lipinski definition) is 2. The number of unbranched alkanes of at least 4 members (excludes halogenated alkanes) is 1. The Balaban J connectivity index is 0.00000324. The maximum atomic E-state index is 12.1. The predicted molar refractivity (Wildman–Crippen MR) is 80.8 cm³/mol. The van der Waals surface area contributed by atoms with Gasteiger partial charge in [-0.1, -0.05) is 31.9 Å². The third kappa shape index (κ3) is 5.94. The molecule has 0 saturated heterocycles. The number of ether oxygens (including phenoxy) is 1. The number of nitrogen functional groups attached to an aromatic ring is 1. The Morgan fingerprint density at radius 3 is 2.68 bits per heavy atom. The van der Waals surface area contributed by atoms with Crippen LogP contribution in [0.25, 0.3) is 0 Å². The number of methoxy groups -OCH3 is 1. The van der Waals surface area contributed by atoms with E-state index in [1.165, 1.54) is 0 Å². The van der Waals surface area contributed by atoms with Crippen LogP contribution in [0.5, 0.6) is 0 Å². The van der Waals surface area contributed by atoms with Crippen molar-refractivity contribution in [3.63, 3.8) is 0 Å². The summed E-state index contributed by atoms with van der Waals surface area (Å²) in [4.78, 5) is 12.1. The smallest absolute Gasteiger partial charge is 0.253 e. The second-order valence-electron chi connectivity index (χ2n) is 4.36. The highest BCUT2D eigenvalue weighted by atomic mass is 35.5. The van der Waals surface area contributed by atoms with E-state index in [0.717, 1.165) is 19.3 Å². The molecule has 1 unspecified atom stereocenters. The summed E-state index contributed by atoms with van der Waals surface area (Å²) in [6.45, 7) is 2.65. The van der Waals surface area contributed by atoms with Crippen LogP contribution in [0.15, 0.2) is 24.3 Å². The number of halogens is 1. The SMILES string of the molecule is CCCCC(COC)NC(=O)c1ccccc1N.Cl. The van der Waals surface area contributed by atoms with Gasteiger partial charge in [0, 0.05) is 12.8 Å². The standard InChI is InChI=1S/C14H22N2O2.ClH/c1-3-4-7-11(10-18-2)16-14(17)12-8-5-6-9-13(12)15;/h5-6,8-9,11H,3-4,7,10,15H2,1-2H3,(H,16,17);1H. The minimum absolute atomic E-state index is 0. The molecule has 0 spiro atoms. The lowest BCUT2D eigenvalue weighted by atomic mass is 10.1. The Kier molecular flexibility index (Phi) is 9.00. The molecular weight excluding hydrogens is 264 g/mol. The molecule has 0 aliphatic heterocycles. The van der Waals surface area contributed by atoms with Gasteiger partial charge in [-0.25, -0.2) is 0 Å². The minimum Gasteiger partial charge on any atom is -0.398 e. The summed E-state index contributed by atoms with van der Waals surface area (Å²) in [6, 6.07) is 7.13. The summed E-state index contributed by atoms with van der Waals surface area (Å²) in [5.74, 6) is -0.133. The normalized spacial score (nSPS) is 11.5. The summed E-state index contributed by atoms with van der Waals surface area (Å²) >= 11 is 0. The van der Waals surface area contributed by atoms with Gasteiger partial charge in [0.15, 0.2) is 0 Å². The van der Waals surface area contributed by atoms with E-state index in [9.17, 15) is 4.79 Å². The highest BCUT2D eigenvalue weighted by Crippen LogP contribution is 2.11. The predicted octanol–water partition coefficient (Wildman–Crippen LogP) is 2.63. The highest BCUT2D eigenvalue weighted by Gasteiger charge is 2.14.